The van der Waals surface area contributed by atoms with Gasteiger partial charge in [0.2, 0.25) is 0 Å². The first-order chi connectivity index (χ1) is 12.6. The fourth-order valence-corrected chi connectivity index (χ4v) is 2.85. The van der Waals surface area contributed by atoms with Crippen molar-refractivity contribution in [3.05, 3.63) is 98.6 Å². The summed E-state index contributed by atoms with van der Waals surface area (Å²) in [5.74, 6) is 0.815. The SMILES string of the molecule is Cc1ccc(COc2ccc(/C=C(/C#N)c3ccc(I)cc3)cc2)cc1. The maximum Gasteiger partial charge on any atom is 0.119 e. The molecule has 0 bridgehead atoms. The molecule has 0 atom stereocenters. The van der Waals surface area contributed by atoms with E-state index in [1.54, 1.807) is 0 Å². The van der Waals surface area contributed by atoms with Crippen LogP contribution in [0.3, 0.4) is 0 Å². The summed E-state index contributed by atoms with van der Waals surface area (Å²) in [4.78, 5) is 0. The molecule has 0 aliphatic heterocycles. The lowest BCUT2D eigenvalue weighted by atomic mass is 10.0. The molecule has 0 aliphatic carbocycles. The van der Waals surface area contributed by atoms with E-state index in [1.165, 1.54) is 5.56 Å². The zero-order valence-electron chi connectivity index (χ0n) is 14.4. The number of hydrogen-bond acceptors (Lipinski definition) is 2. The molecule has 0 N–H and O–H groups in total. The van der Waals surface area contributed by atoms with E-state index in [9.17, 15) is 5.26 Å². The van der Waals surface area contributed by atoms with Gasteiger partial charge >= 0.3 is 0 Å². The Morgan fingerprint density at radius 1 is 0.962 bits per heavy atom. The average molecular weight is 451 g/mol. The molecule has 3 rings (SSSR count). The minimum absolute atomic E-state index is 0.543. The van der Waals surface area contributed by atoms with Crippen LogP contribution in [0.1, 0.15) is 22.3 Å². The zero-order valence-corrected chi connectivity index (χ0v) is 16.6. The van der Waals surface area contributed by atoms with Crippen LogP contribution < -0.4 is 4.74 Å². The lowest BCUT2D eigenvalue weighted by molar-refractivity contribution is 0.306. The summed E-state index contributed by atoms with van der Waals surface area (Å²) >= 11 is 2.26. The van der Waals surface area contributed by atoms with Crippen molar-refractivity contribution in [2.24, 2.45) is 0 Å². The molecule has 3 aromatic carbocycles. The normalized spacial score (nSPS) is 11.0. The second-order valence-electron chi connectivity index (χ2n) is 6.02. The molecule has 128 valence electrons. The topological polar surface area (TPSA) is 33.0 Å². The summed E-state index contributed by atoms with van der Waals surface area (Å²) in [5.41, 5.74) is 4.93. The van der Waals surface area contributed by atoms with Crippen LogP contribution in [0.15, 0.2) is 72.8 Å². The zero-order chi connectivity index (χ0) is 18.4. The highest BCUT2D eigenvalue weighted by Gasteiger charge is 2.02. The van der Waals surface area contributed by atoms with Crippen molar-refractivity contribution >= 4 is 34.2 Å². The molecule has 2 nitrogen and oxygen atoms in total. The molecule has 0 unspecified atom stereocenters. The first-order valence-electron chi connectivity index (χ1n) is 8.30. The van der Waals surface area contributed by atoms with Gasteiger partial charge in [-0.3, -0.25) is 0 Å². The minimum atomic E-state index is 0.543. The molecular weight excluding hydrogens is 433 g/mol. The van der Waals surface area contributed by atoms with Crippen LogP contribution in [0.4, 0.5) is 0 Å². The molecule has 0 radical (unpaired) electrons. The van der Waals surface area contributed by atoms with Crippen LogP contribution in [0.2, 0.25) is 0 Å². The summed E-state index contributed by atoms with van der Waals surface area (Å²) in [7, 11) is 0. The molecule has 3 heteroatoms. The van der Waals surface area contributed by atoms with Gasteiger partial charge in [0.05, 0.1) is 11.6 Å². The third-order valence-corrected chi connectivity index (χ3v) is 4.71. The molecular formula is C23H18INO. The standard InChI is InChI=1S/C23H18INO/c1-17-2-4-19(5-3-17)16-26-23-12-6-18(7-13-23)14-21(15-25)20-8-10-22(24)11-9-20/h2-14H,16H2,1H3/b21-14-. The number of benzene rings is 3. The van der Waals surface area contributed by atoms with Crippen molar-refractivity contribution in [1.82, 2.24) is 0 Å². The minimum Gasteiger partial charge on any atom is -0.489 e. The quantitative estimate of drug-likeness (QED) is 0.261. The van der Waals surface area contributed by atoms with Gasteiger partial charge in [0.25, 0.3) is 0 Å². The van der Waals surface area contributed by atoms with E-state index in [2.05, 4.69) is 59.8 Å². The predicted octanol–water partition coefficient (Wildman–Crippen LogP) is 6.24. The molecule has 0 saturated heterocycles. The van der Waals surface area contributed by atoms with E-state index >= 15 is 0 Å². The number of nitrogens with zero attached hydrogens (tertiary/aromatic N) is 1. The fraction of sp³-hybridized carbons (Fsp3) is 0.0870. The fourth-order valence-electron chi connectivity index (χ4n) is 2.49. The van der Waals surface area contributed by atoms with Crippen molar-refractivity contribution in [2.75, 3.05) is 0 Å². The lowest BCUT2D eigenvalue weighted by Crippen LogP contribution is -1.95. The van der Waals surface area contributed by atoms with Gasteiger partial charge in [0.1, 0.15) is 12.4 Å². The van der Waals surface area contributed by atoms with E-state index in [0.717, 1.165) is 26.0 Å². The second kappa shape index (κ2) is 8.68. The Kier molecular flexibility index (Phi) is 6.08. The van der Waals surface area contributed by atoms with Crippen LogP contribution in [-0.2, 0) is 6.61 Å². The monoisotopic (exact) mass is 451 g/mol. The molecule has 0 amide bonds. The lowest BCUT2D eigenvalue weighted by Gasteiger charge is -2.07. The number of halogens is 1. The number of hydrogen-bond donors (Lipinski definition) is 0. The number of rotatable bonds is 5. The van der Waals surface area contributed by atoms with E-state index in [0.29, 0.717) is 12.2 Å². The van der Waals surface area contributed by atoms with Crippen molar-refractivity contribution in [2.45, 2.75) is 13.5 Å². The third-order valence-electron chi connectivity index (χ3n) is 3.99. The largest absolute Gasteiger partial charge is 0.489 e. The van der Waals surface area contributed by atoms with Gasteiger partial charge in [-0.1, -0.05) is 54.1 Å². The smallest absolute Gasteiger partial charge is 0.119 e. The van der Waals surface area contributed by atoms with Crippen molar-refractivity contribution < 1.29 is 4.74 Å². The van der Waals surface area contributed by atoms with Gasteiger partial charge in [-0.15, -0.1) is 0 Å². The van der Waals surface area contributed by atoms with Crippen molar-refractivity contribution in [3.63, 3.8) is 0 Å². The van der Waals surface area contributed by atoms with E-state index in [1.807, 2.05) is 54.6 Å². The van der Waals surface area contributed by atoms with Crippen molar-refractivity contribution in [1.29, 1.82) is 5.26 Å². The number of ether oxygens (including phenoxy) is 1. The number of allylic oxidation sites excluding steroid dienone is 1. The van der Waals surface area contributed by atoms with Crippen LogP contribution in [0, 0.1) is 21.8 Å². The van der Waals surface area contributed by atoms with Gasteiger partial charge in [-0.05, 0) is 76.5 Å². The number of nitriles is 1. The molecule has 0 aromatic heterocycles. The summed E-state index contributed by atoms with van der Waals surface area (Å²) in [6.07, 6.45) is 1.89. The second-order valence-corrected chi connectivity index (χ2v) is 7.27. The Morgan fingerprint density at radius 3 is 2.23 bits per heavy atom. The first-order valence-corrected chi connectivity index (χ1v) is 9.38. The Balaban J connectivity index is 1.69. The maximum atomic E-state index is 9.45. The van der Waals surface area contributed by atoms with Gasteiger partial charge in [0.15, 0.2) is 0 Å². The average Bonchev–Trinajstić information content (AvgIpc) is 2.67. The van der Waals surface area contributed by atoms with Gasteiger partial charge in [0, 0.05) is 3.57 Å². The Hall–Kier alpha value is -2.58. The van der Waals surface area contributed by atoms with Gasteiger partial charge in [-0.25, -0.2) is 0 Å². The summed E-state index contributed by atoms with van der Waals surface area (Å²) in [6.45, 7) is 2.62. The molecule has 0 fully saturated rings. The van der Waals surface area contributed by atoms with E-state index < -0.39 is 0 Å². The highest BCUT2D eigenvalue weighted by molar-refractivity contribution is 14.1. The van der Waals surface area contributed by atoms with Crippen molar-refractivity contribution in [3.8, 4) is 11.8 Å². The summed E-state index contributed by atoms with van der Waals surface area (Å²) < 4.78 is 6.98. The highest BCUT2D eigenvalue weighted by Crippen LogP contribution is 2.21. The Bertz CT molecular complexity index is 933. The molecule has 26 heavy (non-hydrogen) atoms. The Labute approximate surface area is 167 Å². The highest BCUT2D eigenvalue weighted by atomic mass is 127. The first kappa shape index (κ1) is 18.2. The third kappa shape index (κ3) is 4.96. The molecule has 0 saturated carbocycles. The van der Waals surface area contributed by atoms with Crippen LogP contribution >= 0.6 is 22.6 Å². The van der Waals surface area contributed by atoms with Crippen LogP contribution in [0.5, 0.6) is 5.75 Å². The van der Waals surface area contributed by atoms with Gasteiger partial charge in [-0.2, -0.15) is 5.26 Å². The summed E-state index contributed by atoms with van der Waals surface area (Å²) in [6, 6.07) is 26.3. The molecule has 0 heterocycles. The van der Waals surface area contributed by atoms with E-state index in [-0.39, 0.29) is 0 Å². The maximum absolute atomic E-state index is 9.45. The predicted molar refractivity (Wildman–Crippen MR) is 115 cm³/mol. The van der Waals surface area contributed by atoms with E-state index in [4.69, 9.17) is 4.74 Å². The molecule has 3 aromatic rings. The molecule has 0 aliphatic rings. The number of aryl methyl sites for hydroxylation is 1. The van der Waals surface area contributed by atoms with Gasteiger partial charge < -0.3 is 4.74 Å². The van der Waals surface area contributed by atoms with Crippen LogP contribution in [-0.4, -0.2) is 0 Å². The van der Waals surface area contributed by atoms with Crippen LogP contribution in [0.25, 0.3) is 11.6 Å². The molecule has 0 spiro atoms. The summed E-state index contributed by atoms with van der Waals surface area (Å²) in [5, 5.41) is 9.45. The Morgan fingerprint density at radius 2 is 1.62 bits per heavy atom.